The van der Waals surface area contributed by atoms with Crippen molar-refractivity contribution in [2.24, 2.45) is 12.0 Å². The van der Waals surface area contributed by atoms with E-state index in [-0.39, 0.29) is 34.6 Å². The molecule has 1 N–H and O–H groups in total. The molecule has 2 heterocycles. The van der Waals surface area contributed by atoms with Crippen molar-refractivity contribution in [1.82, 2.24) is 20.0 Å². The fourth-order valence-corrected chi connectivity index (χ4v) is 3.22. The molecule has 1 aromatic heterocycles. The van der Waals surface area contributed by atoms with E-state index in [1.807, 2.05) is 17.9 Å². The number of aliphatic imine (C=N–C) groups is 1. The highest BCUT2D eigenvalue weighted by Crippen LogP contribution is 2.26. The first kappa shape index (κ1) is 20.1. The molecule has 1 atom stereocenters. The van der Waals surface area contributed by atoms with Crippen molar-refractivity contribution in [3.8, 4) is 0 Å². The molecule has 0 spiro atoms. The second kappa shape index (κ2) is 8.97. The molecule has 1 aromatic carbocycles. The summed E-state index contributed by atoms with van der Waals surface area (Å²) in [6, 6.07) is 6.77. The zero-order valence-corrected chi connectivity index (χ0v) is 17.2. The van der Waals surface area contributed by atoms with Crippen molar-refractivity contribution in [3.63, 3.8) is 0 Å². The summed E-state index contributed by atoms with van der Waals surface area (Å²) in [5.41, 5.74) is 2.01. The van der Waals surface area contributed by atoms with Crippen LogP contribution in [0.1, 0.15) is 23.5 Å². The molecule has 8 nitrogen and oxygen atoms in total. The van der Waals surface area contributed by atoms with Crippen LogP contribution in [0.25, 0.3) is 0 Å². The number of hydrogen-bond donors (Lipinski definition) is 1. The maximum Gasteiger partial charge on any atom is 0.274 e. The zero-order chi connectivity index (χ0) is 17.8. The molecule has 0 saturated carbocycles. The van der Waals surface area contributed by atoms with Crippen LogP contribution in [-0.2, 0) is 13.6 Å². The van der Waals surface area contributed by atoms with Crippen LogP contribution in [-0.4, -0.2) is 45.7 Å². The van der Waals surface area contributed by atoms with Crippen LogP contribution >= 0.6 is 24.0 Å². The number of nitro groups is 1. The first-order valence-corrected chi connectivity index (χ1v) is 8.25. The minimum absolute atomic E-state index is 0. The lowest BCUT2D eigenvalue weighted by Gasteiger charge is -2.21. The van der Waals surface area contributed by atoms with E-state index in [4.69, 9.17) is 0 Å². The van der Waals surface area contributed by atoms with Gasteiger partial charge in [0.15, 0.2) is 5.96 Å². The van der Waals surface area contributed by atoms with Crippen LogP contribution in [0.2, 0.25) is 0 Å². The van der Waals surface area contributed by atoms with Crippen molar-refractivity contribution in [2.45, 2.75) is 18.9 Å². The van der Waals surface area contributed by atoms with Gasteiger partial charge in [0.1, 0.15) is 0 Å². The van der Waals surface area contributed by atoms with Crippen LogP contribution in [0.5, 0.6) is 0 Å². The zero-order valence-electron chi connectivity index (χ0n) is 14.8. The van der Waals surface area contributed by atoms with Gasteiger partial charge in [0, 0.05) is 57.5 Å². The highest BCUT2D eigenvalue weighted by Gasteiger charge is 2.27. The summed E-state index contributed by atoms with van der Waals surface area (Å²) in [7, 11) is 3.66. The van der Waals surface area contributed by atoms with E-state index < -0.39 is 0 Å². The molecule has 0 radical (unpaired) electrons. The molecule has 0 aliphatic carbocycles. The lowest BCUT2D eigenvalue weighted by molar-refractivity contribution is -0.385. The molecule has 1 aliphatic rings. The molecule has 1 aliphatic heterocycles. The highest BCUT2D eigenvalue weighted by atomic mass is 127. The van der Waals surface area contributed by atoms with E-state index in [9.17, 15) is 10.1 Å². The number of aromatic nitrogens is 2. The average molecular weight is 470 g/mol. The SMILES string of the molecule is CN=C(NCc1ccccc1[N+](=O)[O-])N1CCC(c2cnn(C)c2)C1.I. The highest BCUT2D eigenvalue weighted by molar-refractivity contribution is 14.0. The van der Waals surface area contributed by atoms with Gasteiger partial charge in [0.05, 0.1) is 11.1 Å². The second-order valence-electron chi connectivity index (χ2n) is 6.17. The van der Waals surface area contributed by atoms with Gasteiger partial charge in [-0.15, -0.1) is 24.0 Å². The summed E-state index contributed by atoms with van der Waals surface area (Å²) < 4.78 is 1.82. The summed E-state index contributed by atoms with van der Waals surface area (Å²) >= 11 is 0. The van der Waals surface area contributed by atoms with Crippen molar-refractivity contribution in [2.75, 3.05) is 20.1 Å². The summed E-state index contributed by atoms with van der Waals surface area (Å²) in [5, 5.41) is 18.6. The van der Waals surface area contributed by atoms with E-state index in [1.165, 1.54) is 11.6 Å². The third-order valence-corrected chi connectivity index (χ3v) is 4.52. The number of benzene rings is 1. The van der Waals surface area contributed by atoms with Gasteiger partial charge in [-0.1, -0.05) is 18.2 Å². The maximum atomic E-state index is 11.1. The van der Waals surface area contributed by atoms with Gasteiger partial charge < -0.3 is 10.2 Å². The summed E-state index contributed by atoms with van der Waals surface area (Å²) in [6.45, 7) is 2.14. The molecule has 26 heavy (non-hydrogen) atoms. The number of rotatable bonds is 4. The van der Waals surface area contributed by atoms with Crippen LogP contribution in [0.3, 0.4) is 0 Å². The number of nitrogens with one attached hydrogen (secondary N) is 1. The Hall–Kier alpha value is -2.17. The number of para-hydroxylation sites is 1. The smallest absolute Gasteiger partial charge is 0.274 e. The Labute approximate surface area is 169 Å². The fourth-order valence-electron chi connectivity index (χ4n) is 3.22. The Morgan fingerprint density at radius 3 is 2.88 bits per heavy atom. The van der Waals surface area contributed by atoms with Gasteiger partial charge >= 0.3 is 0 Å². The first-order valence-electron chi connectivity index (χ1n) is 8.25. The molecule has 3 rings (SSSR count). The van der Waals surface area contributed by atoms with E-state index in [0.29, 0.717) is 18.0 Å². The van der Waals surface area contributed by atoms with Crippen LogP contribution < -0.4 is 5.32 Å². The van der Waals surface area contributed by atoms with Crippen molar-refractivity contribution in [3.05, 3.63) is 57.9 Å². The molecule has 1 fully saturated rings. The standard InChI is InChI=1S/C17H22N6O2.HI/c1-18-17(19-9-13-5-3-4-6-16(13)23(24)25)22-8-7-14(12-22)15-10-20-21(2)11-15;/h3-6,10-11,14H,7-9,12H2,1-2H3,(H,18,19);1H. The predicted octanol–water partition coefficient (Wildman–Crippen LogP) is 2.51. The van der Waals surface area contributed by atoms with Crippen LogP contribution in [0.15, 0.2) is 41.7 Å². The third-order valence-electron chi connectivity index (χ3n) is 4.52. The molecule has 1 unspecified atom stereocenters. The lowest BCUT2D eigenvalue weighted by atomic mass is 10.0. The minimum atomic E-state index is -0.353. The number of aryl methyl sites for hydroxylation is 1. The van der Waals surface area contributed by atoms with Crippen molar-refractivity contribution in [1.29, 1.82) is 0 Å². The molecule has 140 valence electrons. The van der Waals surface area contributed by atoms with E-state index >= 15 is 0 Å². The van der Waals surface area contributed by atoms with E-state index in [2.05, 4.69) is 26.5 Å². The number of likely N-dealkylation sites (tertiary alicyclic amines) is 1. The van der Waals surface area contributed by atoms with Gasteiger partial charge in [-0.2, -0.15) is 5.10 Å². The van der Waals surface area contributed by atoms with Crippen molar-refractivity contribution < 1.29 is 4.92 Å². The monoisotopic (exact) mass is 470 g/mol. The minimum Gasteiger partial charge on any atom is -0.352 e. The Bertz CT molecular complexity index is 791. The number of halogens is 1. The van der Waals surface area contributed by atoms with E-state index in [1.54, 1.807) is 25.2 Å². The summed E-state index contributed by atoms with van der Waals surface area (Å²) in [6.07, 6.45) is 5.01. The topological polar surface area (TPSA) is 88.6 Å². The summed E-state index contributed by atoms with van der Waals surface area (Å²) in [4.78, 5) is 17.3. The number of guanidine groups is 1. The Morgan fingerprint density at radius 2 is 2.23 bits per heavy atom. The third kappa shape index (κ3) is 4.51. The molecular weight excluding hydrogens is 447 g/mol. The van der Waals surface area contributed by atoms with Gasteiger partial charge in [0.2, 0.25) is 0 Å². The largest absolute Gasteiger partial charge is 0.352 e. The Morgan fingerprint density at radius 1 is 1.46 bits per heavy atom. The summed E-state index contributed by atoms with van der Waals surface area (Å²) in [5.74, 6) is 1.20. The first-order chi connectivity index (χ1) is 12.1. The Balaban J connectivity index is 0.00000243. The molecule has 0 bridgehead atoms. The number of nitro benzene ring substituents is 1. The van der Waals surface area contributed by atoms with Crippen LogP contribution in [0, 0.1) is 10.1 Å². The normalized spacial score (nSPS) is 17.1. The molecule has 2 aromatic rings. The van der Waals surface area contributed by atoms with Crippen molar-refractivity contribution >= 4 is 35.6 Å². The predicted molar refractivity (Wildman–Crippen MR) is 111 cm³/mol. The maximum absolute atomic E-state index is 11.1. The number of nitrogens with zero attached hydrogens (tertiary/aromatic N) is 5. The molecule has 1 saturated heterocycles. The fraction of sp³-hybridized carbons (Fsp3) is 0.412. The molecule has 9 heteroatoms. The van der Waals surface area contributed by atoms with Gasteiger partial charge in [0.25, 0.3) is 5.69 Å². The quantitative estimate of drug-likeness (QED) is 0.244. The number of hydrogen-bond acceptors (Lipinski definition) is 4. The van der Waals surface area contributed by atoms with Gasteiger partial charge in [-0.05, 0) is 12.0 Å². The molecular formula is C17H23IN6O2. The second-order valence-corrected chi connectivity index (χ2v) is 6.17. The average Bonchev–Trinajstić information content (AvgIpc) is 3.25. The van der Waals surface area contributed by atoms with Gasteiger partial charge in [-0.25, -0.2) is 0 Å². The lowest BCUT2D eigenvalue weighted by Crippen LogP contribution is -2.39. The molecule has 0 amide bonds. The van der Waals surface area contributed by atoms with E-state index in [0.717, 1.165) is 25.5 Å². The van der Waals surface area contributed by atoms with Crippen LogP contribution in [0.4, 0.5) is 5.69 Å². The Kier molecular flexibility index (Phi) is 6.95. The van der Waals surface area contributed by atoms with Gasteiger partial charge in [-0.3, -0.25) is 19.8 Å².